The van der Waals surface area contributed by atoms with E-state index in [4.69, 9.17) is 26.4 Å². The van der Waals surface area contributed by atoms with Gasteiger partial charge in [0.15, 0.2) is 0 Å². The van der Waals surface area contributed by atoms with Crippen molar-refractivity contribution in [3.63, 3.8) is 0 Å². The van der Waals surface area contributed by atoms with E-state index in [-0.39, 0.29) is 22.7 Å². The Kier molecular flexibility index (Phi) is 4.14. The van der Waals surface area contributed by atoms with Gasteiger partial charge in [-0.15, -0.1) is 0 Å². The Morgan fingerprint density at radius 1 is 1.53 bits per heavy atom. The molecule has 1 aromatic rings. The zero-order valence-electron chi connectivity index (χ0n) is 8.11. The summed E-state index contributed by atoms with van der Waals surface area (Å²) in [6.45, 7) is 1.88. The number of hydrogen-bond donors (Lipinski definition) is 2. The van der Waals surface area contributed by atoms with E-state index in [9.17, 15) is 4.79 Å². The van der Waals surface area contributed by atoms with Gasteiger partial charge < -0.3 is 14.8 Å². The molecule has 4 nitrogen and oxygen atoms in total. The molecule has 0 aliphatic carbocycles. The van der Waals surface area contributed by atoms with Gasteiger partial charge in [0.1, 0.15) is 0 Å². The first-order valence-corrected chi connectivity index (χ1v) is 4.77. The topological polar surface area (TPSA) is 66.8 Å². The van der Waals surface area contributed by atoms with Crippen molar-refractivity contribution in [2.45, 2.75) is 6.92 Å². The van der Waals surface area contributed by atoms with Crippen molar-refractivity contribution in [2.75, 3.05) is 6.61 Å². The predicted octanol–water partition coefficient (Wildman–Crippen LogP) is 0.197. The molecule has 0 saturated heterocycles. The van der Waals surface area contributed by atoms with Gasteiger partial charge in [0.05, 0.1) is 12.2 Å². The molecular formula is C9H10BClO4. The highest BCUT2D eigenvalue weighted by Crippen LogP contribution is 2.10. The van der Waals surface area contributed by atoms with Crippen LogP contribution in [0.15, 0.2) is 18.2 Å². The van der Waals surface area contributed by atoms with E-state index >= 15 is 0 Å². The Balaban J connectivity index is 3.17. The summed E-state index contributed by atoms with van der Waals surface area (Å²) in [4.78, 5) is 11.4. The molecule has 0 aliphatic rings. The standard InChI is InChI=1S/C9H10BClO4/c1-2-15-9(12)6-4-3-5-7(11)8(6)10(13)14/h3-5,13-14H,2H2,1H3. The molecule has 0 heterocycles. The van der Waals surface area contributed by atoms with Gasteiger partial charge in [-0.1, -0.05) is 17.7 Å². The number of hydrogen-bond acceptors (Lipinski definition) is 4. The lowest BCUT2D eigenvalue weighted by Crippen LogP contribution is -2.36. The molecule has 0 aromatic heterocycles. The van der Waals surface area contributed by atoms with Gasteiger partial charge in [0.25, 0.3) is 0 Å². The molecule has 0 amide bonds. The molecule has 0 spiro atoms. The maximum atomic E-state index is 11.4. The minimum absolute atomic E-state index is 0.0300. The zero-order valence-corrected chi connectivity index (χ0v) is 8.86. The van der Waals surface area contributed by atoms with Crippen LogP contribution in [0, 0.1) is 0 Å². The van der Waals surface area contributed by atoms with Crippen LogP contribution in [0.5, 0.6) is 0 Å². The van der Waals surface area contributed by atoms with Crippen LogP contribution in [-0.4, -0.2) is 29.7 Å². The molecule has 0 fully saturated rings. The summed E-state index contributed by atoms with van der Waals surface area (Å²) in [5, 5.41) is 18.3. The normalized spacial score (nSPS) is 9.87. The summed E-state index contributed by atoms with van der Waals surface area (Å²) < 4.78 is 4.75. The van der Waals surface area contributed by atoms with Crippen LogP contribution in [0.3, 0.4) is 0 Å². The molecule has 15 heavy (non-hydrogen) atoms. The molecule has 1 aromatic carbocycles. The number of rotatable bonds is 3. The summed E-state index contributed by atoms with van der Waals surface area (Å²) in [6.07, 6.45) is 0. The summed E-state index contributed by atoms with van der Waals surface area (Å²) in [6, 6.07) is 4.44. The van der Waals surface area contributed by atoms with Crippen molar-refractivity contribution in [3.05, 3.63) is 28.8 Å². The fourth-order valence-corrected chi connectivity index (χ4v) is 1.46. The van der Waals surface area contributed by atoms with Crippen molar-refractivity contribution in [2.24, 2.45) is 0 Å². The molecule has 1 rings (SSSR count). The van der Waals surface area contributed by atoms with Crippen LogP contribution >= 0.6 is 11.6 Å². The Labute approximate surface area is 92.6 Å². The van der Waals surface area contributed by atoms with Gasteiger partial charge >= 0.3 is 13.1 Å². The lowest BCUT2D eigenvalue weighted by Gasteiger charge is -2.09. The molecule has 0 radical (unpaired) electrons. The van der Waals surface area contributed by atoms with E-state index in [1.165, 1.54) is 12.1 Å². The highest BCUT2D eigenvalue weighted by atomic mass is 35.5. The number of ether oxygens (including phenoxy) is 1. The van der Waals surface area contributed by atoms with E-state index in [2.05, 4.69) is 0 Å². The van der Waals surface area contributed by atoms with Gasteiger partial charge in [-0.2, -0.15) is 0 Å². The molecule has 0 bridgehead atoms. The smallest absolute Gasteiger partial charge is 0.462 e. The largest absolute Gasteiger partial charge is 0.490 e. The third-order valence-electron chi connectivity index (χ3n) is 1.81. The molecule has 6 heteroatoms. The third kappa shape index (κ3) is 2.71. The highest BCUT2D eigenvalue weighted by Gasteiger charge is 2.23. The summed E-state index contributed by atoms with van der Waals surface area (Å²) in [5.41, 5.74) is 0.0389. The Morgan fingerprint density at radius 3 is 2.73 bits per heavy atom. The average molecular weight is 228 g/mol. The van der Waals surface area contributed by atoms with Crippen molar-refractivity contribution in [3.8, 4) is 0 Å². The molecule has 0 atom stereocenters. The molecule has 0 aliphatic heterocycles. The van der Waals surface area contributed by atoms with E-state index in [0.717, 1.165) is 0 Å². The monoisotopic (exact) mass is 228 g/mol. The van der Waals surface area contributed by atoms with E-state index in [1.807, 2.05) is 0 Å². The van der Waals surface area contributed by atoms with E-state index in [1.54, 1.807) is 13.0 Å². The van der Waals surface area contributed by atoms with Crippen LogP contribution in [0.1, 0.15) is 17.3 Å². The lowest BCUT2D eigenvalue weighted by atomic mass is 9.77. The summed E-state index contributed by atoms with van der Waals surface area (Å²) >= 11 is 5.74. The zero-order chi connectivity index (χ0) is 11.4. The lowest BCUT2D eigenvalue weighted by molar-refractivity contribution is 0.0527. The number of benzene rings is 1. The van der Waals surface area contributed by atoms with E-state index < -0.39 is 13.1 Å². The maximum absolute atomic E-state index is 11.4. The quantitative estimate of drug-likeness (QED) is 0.573. The summed E-state index contributed by atoms with van der Waals surface area (Å²) in [7, 11) is -1.79. The van der Waals surface area contributed by atoms with Gasteiger partial charge in [0, 0.05) is 10.5 Å². The average Bonchev–Trinajstić information content (AvgIpc) is 2.17. The second-order valence-corrected chi connectivity index (χ2v) is 3.20. The summed E-state index contributed by atoms with van der Waals surface area (Å²) in [5.74, 6) is -0.622. The minimum Gasteiger partial charge on any atom is -0.462 e. The number of carbonyl (C=O) groups excluding carboxylic acids is 1. The van der Waals surface area contributed by atoms with Crippen molar-refractivity contribution < 1.29 is 19.6 Å². The van der Waals surface area contributed by atoms with Crippen LogP contribution in [-0.2, 0) is 4.74 Å². The van der Waals surface area contributed by atoms with Crippen LogP contribution in [0.4, 0.5) is 0 Å². The van der Waals surface area contributed by atoms with Crippen molar-refractivity contribution >= 4 is 30.2 Å². The molecule has 2 N–H and O–H groups in total. The van der Waals surface area contributed by atoms with Gasteiger partial charge in [0.2, 0.25) is 0 Å². The third-order valence-corrected chi connectivity index (χ3v) is 2.14. The second-order valence-electron chi connectivity index (χ2n) is 2.80. The van der Waals surface area contributed by atoms with Gasteiger partial charge in [-0.25, -0.2) is 4.79 Å². The number of halogens is 1. The fraction of sp³-hybridized carbons (Fsp3) is 0.222. The van der Waals surface area contributed by atoms with Gasteiger partial charge in [-0.05, 0) is 19.1 Å². The fourth-order valence-electron chi connectivity index (χ4n) is 1.19. The molecule has 0 saturated carbocycles. The molecule has 80 valence electrons. The first-order valence-electron chi connectivity index (χ1n) is 4.39. The second kappa shape index (κ2) is 5.16. The highest BCUT2D eigenvalue weighted by molar-refractivity contribution is 6.64. The number of esters is 1. The first-order chi connectivity index (χ1) is 7.07. The Bertz CT molecular complexity index is 367. The number of carbonyl (C=O) groups is 1. The minimum atomic E-state index is -1.79. The first kappa shape index (κ1) is 12.0. The predicted molar refractivity (Wildman–Crippen MR) is 57.2 cm³/mol. The maximum Gasteiger partial charge on any atom is 0.490 e. The van der Waals surface area contributed by atoms with Crippen LogP contribution < -0.4 is 5.46 Å². The van der Waals surface area contributed by atoms with Crippen molar-refractivity contribution in [1.29, 1.82) is 0 Å². The van der Waals surface area contributed by atoms with Crippen molar-refractivity contribution in [1.82, 2.24) is 0 Å². The molecular weight excluding hydrogens is 218 g/mol. The van der Waals surface area contributed by atoms with Crippen LogP contribution in [0.25, 0.3) is 0 Å². The Hall–Kier alpha value is -1.04. The Morgan fingerprint density at radius 2 is 2.20 bits per heavy atom. The van der Waals surface area contributed by atoms with Crippen LogP contribution in [0.2, 0.25) is 5.02 Å². The SMILES string of the molecule is CCOC(=O)c1cccc(Cl)c1B(O)O. The molecule has 0 unspecified atom stereocenters. The van der Waals surface area contributed by atoms with E-state index in [0.29, 0.717) is 0 Å². The van der Waals surface area contributed by atoms with Gasteiger partial charge in [-0.3, -0.25) is 0 Å².